The van der Waals surface area contributed by atoms with E-state index in [1.54, 1.807) is 6.92 Å². The Morgan fingerprint density at radius 3 is 1.57 bits per heavy atom. The lowest BCUT2D eigenvalue weighted by molar-refractivity contribution is -0.399. The number of fused-ring (bicyclic) bond motifs is 3. The van der Waals surface area contributed by atoms with E-state index >= 15 is 4.79 Å². The van der Waals surface area contributed by atoms with Crippen LogP contribution < -0.4 is 0 Å². The maximum absolute atomic E-state index is 15.2. The molecular weight excluding hydrogens is 896 g/mol. The molecule has 0 radical (unpaired) electrons. The van der Waals surface area contributed by atoms with Gasteiger partial charge >= 0.3 is 5.97 Å². The molecule has 3 saturated carbocycles. The highest BCUT2D eigenvalue weighted by molar-refractivity contribution is 5.78. The fraction of sp³-hybridized carbons (Fsp3) is 0.932. The Balaban J connectivity index is 1.18. The Labute approximate surface area is 386 Å². The van der Waals surface area contributed by atoms with E-state index in [9.17, 15) is 71.5 Å². The zero-order valence-electron chi connectivity index (χ0n) is 37.6. The van der Waals surface area contributed by atoms with Crippen molar-refractivity contribution in [2.24, 2.45) is 34.0 Å². The minimum Gasteiger partial charge on any atom is -0.432 e. The number of carbonyl (C=O) groups excluding carboxylic acids is 1. The lowest BCUT2D eigenvalue weighted by Gasteiger charge is -2.65. The number of hydrogen-bond donors (Lipinski definition) is 14. The van der Waals surface area contributed by atoms with Crippen LogP contribution in [0.4, 0.5) is 0 Å². The van der Waals surface area contributed by atoms with E-state index in [2.05, 4.69) is 19.9 Å². The summed E-state index contributed by atoms with van der Waals surface area (Å²) in [6.45, 7) is 2.52. The number of carbonyl (C=O) groups is 1. The molecule has 7 fully saturated rings. The van der Waals surface area contributed by atoms with Crippen LogP contribution >= 0.6 is 0 Å². The van der Waals surface area contributed by atoms with Crippen LogP contribution in [0.5, 0.6) is 0 Å². The maximum Gasteiger partial charge on any atom is 0.317 e. The molecule has 384 valence electrons. The zero-order valence-corrected chi connectivity index (χ0v) is 37.6. The third-order valence-corrected chi connectivity index (χ3v) is 17.0. The molecule has 23 heteroatoms. The van der Waals surface area contributed by atoms with Gasteiger partial charge in [0.05, 0.1) is 37.9 Å². The lowest BCUT2D eigenvalue weighted by atomic mass is 9.40. The second-order valence-corrected chi connectivity index (χ2v) is 20.6. The summed E-state index contributed by atoms with van der Waals surface area (Å²) in [4.78, 5) is 15.2. The van der Waals surface area contributed by atoms with Gasteiger partial charge in [-0.3, -0.25) is 4.79 Å². The summed E-state index contributed by atoms with van der Waals surface area (Å²) < 4.78 is 48.2. The molecule has 0 aromatic carbocycles. The van der Waals surface area contributed by atoms with Crippen molar-refractivity contribution in [2.45, 2.75) is 195 Å². The average Bonchev–Trinajstić information content (AvgIpc) is 3.54. The first-order chi connectivity index (χ1) is 31.7. The van der Waals surface area contributed by atoms with Crippen LogP contribution in [0.3, 0.4) is 0 Å². The summed E-state index contributed by atoms with van der Waals surface area (Å²) in [7, 11) is 0. The molecule has 4 heterocycles. The van der Waals surface area contributed by atoms with Crippen molar-refractivity contribution in [1.29, 1.82) is 0 Å². The van der Waals surface area contributed by atoms with Gasteiger partial charge in [-0.05, 0) is 87.4 Å². The Morgan fingerprint density at radius 2 is 1.03 bits per heavy atom. The van der Waals surface area contributed by atoms with Gasteiger partial charge in [0.15, 0.2) is 18.9 Å². The van der Waals surface area contributed by atoms with Gasteiger partial charge in [-0.1, -0.05) is 18.6 Å². The van der Waals surface area contributed by atoms with E-state index in [0.717, 1.165) is 19.3 Å². The Hall–Kier alpha value is -1.63. The molecule has 8 rings (SSSR count). The van der Waals surface area contributed by atoms with Gasteiger partial charge in [-0.25, -0.2) is 0 Å². The number of rotatable bonds is 12. The second-order valence-electron chi connectivity index (χ2n) is 20.6. The topological polar surface area (TPSA) is 374 Å². The van der Waals surface area contributed by atoms with Crippen LogP contribution in [0.25, 0.3) is 0 Å². The van der Waals surface area contributed by atoms with E-state index in [1.807, 2.05) is 0 Å². The molecule has 4 saturated heterocycles. The van der Waals surface area contributed by atoms with E-state index in [0.29, 0.717) is 25.2 Å². The largest absolute Gasteiger partial charge is 0.432 e. The summed E-state index contributed by atoms with van der Waals surface area (Å²) >= 11 is 0. The maximum atomic E-state index is 15.2. The number of aliphatic hydroxyl groups excluding tert-OH is 14. The molecule has 4 aliphatic heterocycles. The molecular formula is C44H70O23. The third-order valence-electron chi connectivity index (χ3n) is 17.0. The van der Waals surface area contributed by atoms with E-state index < -0.39 is 178 Å². The molecule has 27 atom stereocenters. The molecule has 2 unspecified atom stereocenters. The van der Waals surface area contributed by atoms with E-state index in [1.165, 1.54) is 5.57 Å². The summed E-state index contributed by atoms with van der Waals surface area (Å²) in [6.07, 6.45) is -30.6. The third kappa shape index (κ3) is 8.73. The smallest absolute Gasteiger partial charge is 0.317 e. The number of allylic oxidation sites excluding steroid dienone is 2. The van der Waals surface area contributed by atoms with Crippen LogP contribution in [0.15, 0.2) is 11.6 Å². The van der Waals surface area contributed by atoms with Crippen LogP contribution in [0, 0.1) is 34.0 Å². The number of esters is 1. The van der Waals surface area contributed by atoms with Gasteiger partial charge in [0.25, 0.3) is 0 Å². The zero-order chi connectivity index (χ0) is 48.7. The summed E-state index contributed by atoms with van der Waals surface area (Å²) in [6, 6.07) is 0. The SMILES string of the molecule is CC1=C[C@]23CC[C@H]4C(C)(C(=O)O[C@@H]5O[C@H](CO)[C@@H](O)[C@H](O)[C@H]5O)C(O[C@@H]5O[C@H](CO)[C@@H](O)[C@H](O[C@@H]6O[C@H](CO)[C@@H](O)[C@H](O)[C@H]6O)[C@H]5O[C@@H]5O[C@H](CO)[C@@H](O)[C@H](O)[C@H]5O)CC[C@]4(C)[C@H]2CC[C@@H]1C3. The van der Waals surface area contributed by atoms with Gasteiger partial charge in [0, 0.05) is 0 Å². The highest BCUT2D eigenvalue weighted by Crippen LogP contribution is 2.71. The molecule has 0 amide bonds. The Morgan fingerprint density at radius 1 is 0.552 bits per heavy atom. The van der Waals surface area contributed by atoms with Gasteiger partial charge in [-0.2, -0.15) is 0 Å². The molecule has 2 bridgehead atoms. The minimum atomic E-state index is -2.04. The molecule has 1 spiro atoms. The monoisotopic (exact) mass is 966 g/mol. The van der Waals surface area contributed by atoms with Crippen molar-refractivity contribution >= 4 is 5.97 Å². The van der Waals surface area contributed by atoms with Crippen molar-refractivity contribution in [1.82, 2.24) is 0 Å². The van der Waals surface area contributed by atoms with Crippen molar-refractivity contribution in [3.05, 3.63) is 11.6 Å². The molecule has 8 aliphatic rings. The van der Waals surface area contributed by atoms with Crippen molar-refractivity contribution < 1.29 is 114 Å². The van der Waals surface area contributed by atoms with Crippen LogP contribution in [0.1, 0.15) is 65.7 Å². The standard InChI is InChI=1S/C44H70O23/c1-16-10-44-9-6-22-42(2,23(44)5-4-17(16)11-44)8-7-24(43(22,3)41(59)67-39-34(58)31(55)27(51)20(14-47)62-39)64-40-36(66-38-33(57)30(54)26(50)19(13-46)61-38)35(28(52)21(15-48)63-40)65-37-32(56)29(53)25(49)18(12-45)60-37/h10,17-40,45-58H,4-9,11-15H2,1-3H3/t17-,18-,19-,20-,21-,22-,23-,24?,25-,26-,27-,28-,29+,30+,31+,32-,33-,34-,35+,36-,37+,38+,39+,40+,42+,43?,44+/m1/s1. The van der Waals surface area contributed by atoms with Crippen molar-refractivity contribution in [3.8, 4) is 0 Å². The lowest BCUT2D eigenvalue weighted by Crippen LogP contribution is -2.69. The molecule has 0 aromatic rings. The van der Waals surface area contributed by atoms with Crippen LogP contribution in [0.2, 0.25) is 0 Å². The highest BCUT2D eigenvalue weighted by Gasteiger charge is 2.68. The fourth-order valence-electron chi connectivity index (χ4n) is 13.3. The molecule has 4 aliphatic carbocycles. The number of hydrogen-bond acceptors (Lipinski definition) is 23. The first-order valence-electron chi connectivity index (χ1n) is 23.4. The first-order valence-corrected chi connectivity index (χ1v) is 23.4. The minimum absolute atomic E-state index is 0.117. The normalized spacial score (nSPS) is 54.4. The quantitative estimate of drug-likeness (QED) is 0.0494. The van der Waals surface area contributed by atoms with Crippen molar-refractivity contribution in [2.75, 3.05) is 26.4 Å². The molecule has 67 heavy (non-hydrogen) atoms. The molecule has 14 N–H and O–H groups in total. The Bertz CT molecular complexity index is 1750. The van der Waals surface area contributed by atoms with Crippen molar-refractivity contribution in [3.63, 3.8) is 0 Å². The second kappa shape index (κ2) is 19.8. The van der Waals surface area contributed by atoms with Gasteiger partial charge < -0.3 is 109 Å². The van der Waals surface area contributed by atoms with Crippen LogP contribution in [-0.4, -0.2) is 233 Å². The predicted molar refractivity (Wildman–Crippen MR) is 219 cm³/mol. The predicted octanol–water partition coefficient (Wildman–Crippen LogP) is -5.26. The number of ether oxygens (including phenoxy) is 8. The van der Waals surface area contributed by atoms with E-state index in [4.69, 9.17) is 37.9 Å². The van der Waals surface area contributed by atoms with Gasteiger partial charge in [0.1, 0.15) is 97.7 Å². The van der Waals surface area contributed by atoms with Gasteiger partial charge in [0.2, 0.25) is 6.29 Å². The Kier molecular flexibility index (Phi) is 15.3. The van der Waals surface area contributed by atoms with E-state index in [-0.39, 0.29) is 17.8 Å². The summed E-state index contributed by atoms with van der Waals surface area (Å²) in [5.74, 6) is -0.899. The highest BCUT2D eigenvalue weighted by atomic mass is 16.8. The summed E-state index contributed by atoms with van der Waals surface area (Å²) in [5.41, 5.74) is -1.01. The number of aliphatic hydroxyl groups is 14. The summed E-state index contributed by atoms with van der Waals surface area (Å²) in [5, 5.41) is 149. The molecule has 23 nitrogen and oxygen atoms in total. The fourth-order valence-corrected chi connectivity index (χ4v) is 13.3. The van der Waals surface area contributed by atoms with Gasteiger partial charge in [-0.15, -0.1) is 0 Å². The van der Waals surface area contributed by atoms with Crippen LogP contribution in [-0.2, 0) is 42.7 Å². The average molecular weight is 967 g/mol. The molecule has 0 aromatic heterocycles. The first kappa shape index (κ1) is 51.7.